The Morgan fingerprint density at radius 1 is 1.27 bits per heavy atom. The van der Waals surface area contributed by atoms with Gasteiger partial charge in [-0.25, -0.2) is 0 Å². The molecule has 118 valence electrons. The molecule has 0 aliphatic heterocycles. The number of carbonyl (C=O) groups excluding carboxylic acids is 1. The van der Waals surface area contributed by atoms with Crippen LogP contribution in [0, 0.1) is 0 Å². The molecule has 1 N–H and O–H groups in total. The summed E-state index contributed by atoms with van der Waals surface area (Å²) in [6.45, 7) is 18.9. The van der Waals surface area contributed by atoms with E-state index in [0.29, 0.717) is 17.9 Å². The van der Waals surface area contributed by atoms with Gasteiger partial charge in [0.25, 0.3) is 5.91 Å². The zero-order valence-corrected chi connectivity index (χ0v) is 14.2. The molecule has 0 bridgehead atoms. The topological polar surface area (TPSA) is 41.5 Å². The van der Waals surface area contributed by atoms with Crippen LogP contribution < -0.4 is 5.32 Å². The van der Waals surface area contributed by atoms with E-state index in [2.05, 4.69) is 36.8 Å². The van der Waals surface area contributed by atoms with Crippen molar-refractivity contribution < 1.29 is 4.79 Å². The Morgan fingerprint density at radius 2 is 1.95 bits per heavy atom. The van der Waals surface area contributed by atoms with Crippen molar-refractivity contribution in [1.82, 2.24) is 5.32 Å². The highest BCUT2D eigenvalue weighted by Gasteiger charge is 2.11. The van der Waals surface area contributed by atoms with E-state index in [1.807, 2.05) is 26.0 Å². The van der Waals surface area contributed by atoms with Crippen LogP contribution in [0.15, 0.2) is 76.2 Å². The summed E-state index contributed by atoms with van der Waals surface area (Å²) in [5.74, 6) is -0.140. The van der Waals surface area contributed by atoms with Crippen LogP contribution in [-0.4, -0.2) is 19.2 Å². The molecule has 0 fully saturated rings. The molecule has 0 unspecified atom stereocenters. The number of carbonyl (C=O) groups is 1. The summed E-state index contributed by atoms with van der Waals surface area (Å²) in [6.07, 6.45) is 9.40. The second-order valence-electron chi connectivity index (χ2n) is 4.27. The fourth-order valence-electron chi connectivity index (χ4n) is 1.50. The molecule has 1 amide bonds. The van der Waals surface area contributed by atoms with Crippen molar-refractivity contribution in [2.75, 3.05) is 6.54 Å². The molecular weight excluding hydrogens is 292 g/mol. The number of aliphatic imine (C=N–C) groups is 1. The lowest BCUT2D eigenvalue weighted by molar-refractivity contribution is -0.116. The molecule has 4 heteroatoms. The highest BCUT2D eigenvalue weighted by molar-refractivity contribution is 8.07. The standard InChI is InChI=1S/C18H24N2OS/c1-7-11-15(8-2)13-20-18(21)17(10-4)22-14(5)12-16(9-3)19-6/h7-11H,1-2,5-6,12-13H2,3-4H3,(H,20,21)/b15-11+,16-9-,17-10-. The number of rotatable bonds is 10. The van der Waals surface area contributed by atoms with Crippen LogP contribution in [0.4, 0.5) is 0 Å². The summed E-state index contributed by atoms with van der Waals surface area (Å²) in [7, 11) is 0. The molecule has 0 radical (unpaired) electrons. The Bertz CT molecular complexity index is 539. The van der Waals surface area contributed by atoms with Gasteiger partial charge in [0.1, 0.15) is 0 Å². The van der Waals surface area contributed by atoms with Crippen LogP contribution in [0.1, 0.15) is 20.3 Å². The average molecular weight is 316 g/mol. The van der Waals surface area contributed by atoms with Crippen molar-refractivity contribution in [3.8, 4) is 0 Å². The molecule has 0 aliphatic carbocycles. The maximum absolute atomic E-state index is 12.2. The molecule has 0 aromatic carbocycles. The molecule has 0 aliphatic rings. The van der Waals surface area contributed by atoms with Gasteiger partial charge in [-0.05, 0) is 31.0 Å². The summed E-state index contributed by atoms with van der Waals surface area (Å²) in [4.78, 5) is 17.5. The lowest BCUT2D eigenvalue weighted by Crippen LogP contribution is -2.25. The van der Waals surface area contributed by atoms with Crippen molar-refractivity contribution in [2.24, 2.45) is 4.99 Å². The number of nitrogens with one attached hydrogen (secondary N) is 1. The predicted molar refractivity (Wildman–Crippen MR) is 99.9 cm³/mol. The molecule has 22 heavy (non-hydrogen) atoms. The second kappa shape index (κ2) is 11.6. The van der Waals surface area contributed by atoms with E-state index in [-0.39, 0.29) is 5.91 Å². The molecule has 0 aromatic heterocycles. The van der Waals surface area contributed by atoms with E-state index in [1.165, 1.54) is 11.8 Å². The molecule has 0 spiro atoms. The summed E-state index contributed by atoms with van der Waals surface area (Å²) < 4.78 is 0. The lowest BCUT2D eigenvalue weighted by Gasteiger charge is -2.10. The first-order chi connectivity index (χ1) is 10.5. The van der Waals surface area contributed by atoms with Crippen LogP contribution in [0.5, 0.6) is 0 Å². The zero-order valence-electron chi connectivity index (χ0n) is 13.4. The molecule has 3 nitrogen and oxygen atoms in total. The number of amides is 1. The van der Waals surface area contributed by atoms with Gasteiger partial charge in [-0.1, -0.05) is 61.9 Å². The molecule has 0 saturated carbocycles. The van der Waals surface area contributed by atoms with Gasteiger partial charge in [0.05, 0.1) is 4.91 Å². The lowest BCUT2D eigenvalue weighted by atomic mass is 10.2. The van der Waals surface area contributed by atoms with E-state index in [9.17, 15) is 4.79 Å². The van der Waals surface area contributed by atoms with E-state index in [4.69, 9.17) is 0 Å². The van der Waals surface area contributed by atoms with Crippen molar-refractivity contribution in [1.29, 1.82) is 0 Å². The summed E-state index contributed by atoms with van der Waals surface area (Å²) in [5, 5.41) is 2.85. The van der Waals surface area contributed by atoms with Gasteiger partial charge >= 0.3 is 0 Å². The minimum absolute atomic E-state index is 0.140. The van der Waals surface area contributed by atoms with Gasteiger partial charge < -0.3 is 5.32 Å². The SMILES string of the molecule is C=C/C=C(\C=C)CNC(=O)/C(=C/C)SC(=C)C/C(=C/C)N=C. The Kier molecular flexibility index (Phi) is 10.5. The summed E-state index contributed by atoms with van der Waals surface area (Å²) >= 11 is 1.35. The molecular formula is C18H24N2OS. The van der Waals surface area contributed by atoms with E-state index < -0.39 is 0 Å². The van der Waals surface area contributed by atoms with E-state index in [1.54, 1.807) is 18.2 Å². The maximum atomic E-state index is 12.2. The van der Waals surface area contributed by atoms with Crippen LogP contribution >= 0.6 is 11.8 Å². The van der Waals surface area contributed by atoms with E-state index in [0.717, 1.165) is 16.2 Å². The third-order valence-electron chi connectivity index (χ3n) is 2.70. The highest BCUT2D eigenvalue weighted by atomic mass is 32.2. The van der Waals surface area contributed by atoms with Crippen LogP contribution in [0.2, 0.25) is 0 Å². The second-order valence-corrected chi connectivity index (χ2v) is 5.49. The van der Waals surface area contributed by atoms with Crippen molar-refractivity contribution >= 4 is 24.4 Å². The van der Waals surface area contributed by atoms with Crippen LogP contribution in [0.3, 0.4) is 0 Å². The van der Waals surface area contributed by atoms with E-state index >= 15 is 0 Å². The zero-order chi connectivity index (χ0) is 17.0. The van der Waals surface area contributed by atoms with Gasteiger partial charge in [0, 0.05) is 18.7 Å². The number of hydrogen-bond donors (Lipinski definition) is 1. The van der Waals surface area contributed by atoms with Gasteiger partial charge in [0.2, 0.25) is 0 Å². The van der Waals surface area contributed by atoms with Crippen molar-refractivity contribution in [2.45, 2.75) is 20.3 Å². The van der Waals surface area contributed by atoms with Crippen LogP contribution in [-0.2, 0) is 4.79 Å². The normalized spacial score (nSPS) is 12.5. The molecule has 0 saturated heterocycles. The number of nitrogens with zero attached hydrogens (tertiary/aromatic N) is 1. The number of allylic oxidation sites excluding steroid dienone is 5. The minimum Gasteiger partial charge on any atom is -0.348 e. The molecule has 0 heterocycles. The number of thioether (sulfide) groups is 1. The van der Waals surface area contributed by atoms with Crippen molar-refractivity contribution in [3.05, 3.63) is 71.2 Å². The third-order valence-corrected chi connectivity index (χ3v) is 3.78. The first-order valence-corrected chi connectivity index (χ1v) is 7.70. The van der Waals surface area contributed by atoms with Gasteiger partial charge in [-0.2, -0.15) is 0 Å². The average Bonchev–Trinajstić information content (AvgIpc) is 2.53. The Hall–Kier alpha value is -2.07. The van der Waals surface area contributed by atoms with Gasteiger partial charge in [-0.15, -0.1) is 0 Å². The Labute approximate surface area is 138 Å². The summed E-state index contributed by atoms with van der Waals surface area (Å²) in [6, 6.07) is 0. The van der Waals surface area contributed by atoms with Crippen LogP contribution in [0.25, 0.3) is 0 Å². The highest BCUT2D eigenvalue weighted by Crippen LogP contribution is 2.29. The minimum atomic E-state index is -0.140. The van der Waals surface area contributed by atoms with Crippen molar-refractivity contribution in [3.63, 3.8) is 0 Å². The molecule has 0 aromatic rings. The third kappa shape index (κ3) is 7.64. The number of hydrogen-bond acceptors (Lipinski definition) is 3. The predicted octanol–water partition coefficient (Wildman–Crippen LogP) is 4.55. The Morgan fingerprint density at radius 3 is 2.41 bits per heavy atom. The first kappa shape index (κ1) is 19.9. The smallest absolute Gasteiger partial charge is 0.257 e. The fourth-order valence-corrected chi connectivity index (χ4v) is 2.31. The maximum Gasteiger partial charge on any atom is 0.257 e. The monoisotopic (exact) mass is 316 g/mol. The van der Waals surface area contributed by atoms with Gasteiger partial charge in [-0.3, -0.25) is 9.79 Å². The molecule has 0 rings (SSSR count). The largest absolute Gasteiger partial charge is 0.348 e. The Balaban J connectivity index is 4.65. The molecule has 0 atom stereocenters. The fraction of sp³-hybridized carbons (Fsp3) is 0.222. The first-order valence-electron chi connectivity index (χ1n) is 6.88. The summed E-state index contributed by atoms with van der Waals surface area (Å²) in [5.41, 5.74) is 1.74. The quantitative estimate of drug-likeness (QED) is 0.365. The van der Waals surface area contributed by atoms with Gasteiger partial charge in [0.15, 0.2) is 0 Å².